The third-order valence-electron chi connectivity index (χ3n) is 2.87. The van der Waals surface area contributed by atoms with E-state index in [9.17, 15) is 0 Å². The second-order valence-electron chi connectivity index (χ2n) is 4.60. The standard InChI is InChI=1S/C11H20Cl2O3/c1-10(2,11(12,13)6-7-14)16-9-5-3-4-8-15-9/h9,14H,3-8H2,1-2H3. The van der Waals surface area contributed by atoms with Gasteiger partial charge in [-0.05, 0) is 33.1 Å². The van der Waals surface area contributed by atoms with E-state index in [0.717, 1.165) is 25.9 Å². The maximum atomic E-state index is 8.92. The molecular weight excluding hydrogens is 251 g/mol. The Bertz CT molecular complexity index is 213. The van der Waals surface area contributed by atoms with Crippen LogP contribution in [0.15, 0.2) is 0 Å². The van der Waals surface area contributed by atoms with Crippen LogP contribution in [0.5, 0.6) is 0 Å². The third-order valence-corrected chi connectivity index (χ3v) is 4.16. The monoisotopic (exact) mass is 270 g/mol. The van der Waals surface area contributed by atoms with E-state index >= 15 is 0 Å². The molecule has 0 spiro atoms. The van der Waals surface area contributed by atoms with E-state index in [1.54, 1.807) is 0 Å². The van der Waals surface area contributed by atoms with Crippen LogP contribution < -0.4 is 0 Å². The summed E-state index contributed by atoms with van der Waals surface area (Å²) in [6.45, 7) is 4.30. The second kappa shape index (κ2) is 5.87. The summed E-state index contributed by atoms with van der Waals surface area (Å²) in [7, 11) is 0. The van der Waals surface area contributed by atoms with Gasteiger partial charge in [0.25, 0.3) is 0 Å². The molecule has 1 aliphatic heterocycles. The number of alkyl halides is 2. The number of aliphatic hydroxyl groups excluding tert-OH is 1. The van der Waals surface area contributed by atoms with Gasteiger partial charge in [-0.25, -0.2) is 0 Å². The van der Waals surface area contributed by atoms with Crippen LogP contribution in [-0.2, 0) is 9.47 Å². The second-order valence-corrected chi connectivity index (χ2v) is 6.09. The molecule has 96 valence electrons. The van der Waals surface area contributed by atoms with Gasteiger partial charge in [0.05, 0.1) is 5.60 Å². The molecule has 16 heavy (non-hydrogen) atoms. The van der Waals surface area contributed by atoms with Gasteiger partial charge in [0, 0.05) is 19.6 Å². The van der Waals surface area contributed by atoms with Crippen molar-refractivity contribution in [2.45, 2.75) is 55.8 Å². The van der Waals surface area contributed by atoms with Gasteiger partial charge < -0.3 is 14.6 Å². The van der Waals surface area contributed by atoms with Crippen molar-refractivity contribution in [3.8, 4) is 0 Å². The van der Waals surface area contributed by atoms with Crippen LogP contribution >= 0.6 is 23.2 Å². The zero-order valence-electron chi connectivity index (χ0n) is 9.84. The molecule has 0 saturated carbocycles. The van der Waals surface area contributed by atoms with E-state index in [-0.39, 0.29) is 19.3 Å². The average Bonchev–Trinajstić information content (AvgIpc) is 2.18. The number of aliphatic hydroxyl groups is 1. The minimum absolute atomic E-state index is 0.0642. The molecule has 1 N–H and O–H groups in total. The first kappa shape index (κ1) is 14.5. The molecule has 1 atom stereocenters. The normalized spacial score (nSPS) is 23.4. The lowest BCUT2D eigenvalue weighted by Crippen LogP contribution is -2.47. The van der Waals surface area contributed by atoms with Gasteiger partial charge in [0.2, 0.25) is 0 Å². The Morgan fingerprint density at radius 3 is 2.56 bits per heavy atom. The average molecular weight is 271 g/mol. The number of ether oxygens (including phenoxy) is 2. The third kappa shape index (κ3) is 3.74. The van der Waals surface area contributed by atoms with Gasteiger partial charge in [0.15, 0.2) is 6.29 Å². The Morgan fingerprint density at radius 1 is 1.38 bits per heavy atom. The lowest BCUT2D eigenvalue weighted by Gasteiger charge is -2.40. The zero-order valence-corrected chi connectivity index (χ0v) is 11.4. The Kier molecular flexibility index (Phi) is 5.33. The first-order valence-corrected chi connectivity index (χ1v) is 6.43. The first-order chi connectivity index (χ1) is 7.39. The largest absolute Gasteiger partial charge is 0.396 e. The van der Waals surface area contributed by atoms with Crippen LogP contribution in [0.25, 0.3) is 0 Å². The van der Waals surface area contributed by atoms with Crippen LogP contribution in [0, 0.1) is 0 Å². The molecule has 0 aromatic heterocycles. The maximum absolute atomic E-state index is 8.92. The fourth-order valence-electron chi connectivity index (χ4n) is 1.66. The van der Waals surface area contributed by atoms with E-state index < -0.39 is 9.93 Å². The predicted octanol–water partition coefficient (Wildman–Crippen LogP) is 2.86. The molecule has 5 heteroatoms. The van der Waals surface area contributed by atoms with Crippen LogP contribution in [-0.4, -0.2) is 34.5 Å². The number of hydrogen-bond donors (Lipinski definition) is 1. The van der Waals surface area contributed by atoms with Crippen molar-refractivity contribution in [1.29, 1.82) is 0 Å². The molecule has 0 aromatic rings. The number of hydrogen-bond acceptors (Lipinski definition) is 3. The van der Waals surface area contributed by atoms with E-state index in [1.165, 1.54) is 0 Å². The summed E-state index contributed by atoms with van der Waals surface area (Å²) >= 11 is 12.3. The molecule has 3 nitrogen and oxygen atoms in total. The Hall–Kier alpha value is 0.460. The molecular formula is C11H20Cl2O3. The highest BCUT2D eigenvalue weighted by molar-refractivity contribution is 6.49. The van der Waals surface area contributed by atoms with E-state index in [1.807, 2.05) is 13.8 Å². The van der Waals surface area contributed by atoms with Crippen LogP contribution in [0.3, 0.4) is 0 Å². The van der Waals surface area contributed by atoms with Crippen molar-refractivity contribution >= 4 is 23.2 Å². The topological polar surface area (TPSA) is 38.7 Å². The molecule has 0 amide bonds. The van der Waals surface area contributed by atoms with Crippen LogP contribution in [0.1, 0.15) is 39.5 Å². The minimum atomic E-state index is -1.11. The van der Waals surface area contributed by atoms with Gasteiger partial charge in [-0.2, -0.15) is 0 Å². The Balaban J connectivity index is 2.54. The van der Waals surface area contributed by atoms with Crippen molar-refractivity contribution in [2.75, 3.05) is 13.2 Å². The molecule has 0 aromatic carbocycles. The quantitative estimate of drug-likeness (QED) is 0.781. The molecule has 1 rings (SSSR count). The fourth-order valence-corrected chi connectivity index (χ4v) is 1.92. The smallest absolute Gasteiger partial charge is 0.158 e. The Morgan fingerprint density at radius 2 is 2.06 bits per heavy atom. The van der Waals surface area contributed by atoms with E-state index in [2.05, 4.69) is 0 Å². The number of halogens is 2. The van der Waals surface area contributed by atoms with Gasteiger partial charge in [-0.15, -0.1) is 0 Å². The number of rotatable bonds is 5. The van der Waals surface area contributed by atoms with Crippen molar-refractivity contribution in [2.24, 2.45) is 0 Å². The summed E-state index contributed by atoms with van der Waals surface area (Å²) in [6.07, 6.45) is 3.07. The van der Waals surface area contributed by atoms with Gasteiger partial charge >= 0.3 is 0 Å². The van der Waals surface area contributed by atoms with Gasteiger partial charge in [0.1, 0.15) is 4.33 Å². The summed E-state index contributed by atoms with van der Waals surface area (Å²) < 4.78 is 10.2. The summed E-state index contributed by atoms with van der Waals surface area (Å²) in [6, 6.07) is 0. The van der Waals surface area contributed by atoms with Crippen molar-refractivity contribution in [3.63, 3.8) is 0 Å². The molecule has 0 radical (unpaired) electrons. The van der Waals surface area contributed by atoms with Crippen LogP contribution in [0.2, 0.25) is 0 Å². The van der Waals surface area contributed by atoms with E-state index in [4.69, 9.17) is 37.8 Å². The SMILES string of the molecule is CC(C)(OC1CCCCO1)C(Cl)(Cl)CCO. The Labute approximate surface area is 107 Å². The van der Waals surface area contributed by atoms with E-state index in [0.29, 0.717) is 0 Å². The van der Waals surface area contributed by atoms with Crippen LogP contribution in [0.4, 0.5) is 0 Å². The van der Waals surface area contributed by atoms with Gasteiger partial charge in [-0.1, -0.05) is 23.2 Å². The lowest BCUT2D eigenvalue weighted by molar-refractivity contribution is -0.219. The molecule has 0 aliphatic carbocycles. The molecule has 0 bridgehead atoms. The highest BCUT2D eigenvalue weighted by Crippen LogP contribution is 2.40. The fraction of sp³-hybridized carbons (Fsp3) is 1.00. The summed E-state index contributed by atoms with van der Waals surface area (Å²) in [5.74, 6) is 0. The van der Waals surface area contributed by atoms with Crippen molar-refractivity contribution < 1.29 is 14.6 Å². The molecule has 1 aliphatic rings. The van der Waals surface area contributed by atoms with Gasteiger partial charge in [-0.3, -0.25) is 0 Å². The highest BCUT2D eigenvalue weighted by Gasteiger charge is 2.44. The summed E-state index contributed by atoms with van der Waals surface area (Å²) in [5.41, 5.74) is -0.749. The molecule has 1 saturated heterocycles. The lowest BCUT2D eigenvalue weighted by atomic mass is 10.0. The first-order valence-electron chi connectivity index (χ1n) is 5.67. The highest BCUT2D eigenvalue weighted by atomic mass is 35.5. The minimum Gasteiger partial charge on any atom is -0.396 e. The zero-order chi connectivity index (χ0) is 12.2. The predicted molar refractivity (Wildman–Crippen MR) is 64.9 cm³/mol. The molecule has 1 fully saturated rings. The summed E-state index contributed by atoms with van der Waals surface area (Å²) in [4.78, 5) is 0. The van der Waals surface area contributed by atoms with Crippen molar-refractivity contribution in [3.05, 3.63) is 0 Å². The summed E-state index contributed by atoms with van der Waals surface area (Å²) in [5, 5.41) is 8.92. The van der Waals surface area contributed by atoms with Crippen molar-refractivity contribution in [1.82, 2.24) is 0 Å². The maximum Gasteiger partial charge on any atom is 0.158 e. The molecule has 1 heterocycles. The molecule has 1 unspecified atom stereocenters.